The van der Waals surface area contributed by atoms with Gasteiger partial charge in [-0.25, -0.2) is 9.82 Å². The van der Waals surface area contributed by atoms with E-state index in [0.29, 0.717) is 0 Å². The van der Waals surface area contributed by atoms with E-state index < -0.39 is 0 Å². The Morgan fingerprint density at radius 1 is 1.40 bits per heavy atom. The number of hydrogen-bond acceptors (Lipinski definition) is 3. The predicted molar refractivity (Wildman–Crippen MR) is 72.4 cm³/mol. The summed E-state index contributed by atoms with van der Waals surface area (Å²) < 4.78 is 12.9. The minimum atomic E-state index is -0.292. The number of rotatable bonds is 4. The summed E-state index contributed by atoms with van der Waals surface area (Å²) in [7, 11) is 0. The lowest BCUT2D eigenvalue weighted by Gasteiger charge is -2.00. The first-order valence-corrected chi connectivity index (χ1v) is 6.36. The summed E-state index contributed by atoms with van der Waals surface area (Å²) in [5, 5.41) is 10.7. The maximum absolute atomic E-state index is 12.9. The smallest absolute Gasteiger partial charge is 0.243 e. The molecule has 1 aromatic carbocycles. The number of hydrogen-bond donors (Lipinski definition) is 2. The predicted octanol–water partition coefficient (Wildman–Crippen LogP) is 2.08. The molecule has 0 radical (unpaired) electrons. The van der Waals surface area contributed by atoms with Crippen molar-refractivity contribution >= 4 is 12.1 Å². The minimum absolute atomic E-state index is 0.0481. The largest absolute Gasteiger partial charge is 0.277 e. The lowest BCUT2D eigenvalue weighted by atomic mass is 10.1. The maximum atomic E-state index is 12.9. The molecule has 1 saturated carbocycles. The molecule has 0 atom stereocenters. The number of carbonyl (C=O) groups is 1. The van der Waals surface area contributed by atoms with Crippen molar-refractivity contribution in [3.05, 3.63) is 41.8 Å². The van der Waals surface area contributed by atoms with Crippen molar-refractivity contribution in [3.8, 4) is 11.3 Å². The van der Waals surface area contributed by atoms with Crippen LogP contribution in [-0.2, 0) is 4.79 Å². The molecule has 1 amide bonds. The molecule has 0 aliphatic heterocycles. The fourth-order valence-corrected chi connectivity index (χ4v) is 1.84. The zero-order valence-electron chi connectivity index (χ0n) is 10.6. The number of halogens is 1. The van der Waals surface area contributed by atoms with Gasteiger partial charge in [-0.15, -0.1) is 0 Å². The van der Waals surface area contributed by atoms with Gasteiger partial charge >= 0.3 is 0 Å². The number of benzene rings is 1. The first-order valence-electron chi connectivity index (χ1n) is 6.36. The first kappa shape index (κ1) is 12.5. The van der Waals surface area contributed by atoms with Gasteiger partial charge in [0.1, 0.15) is 5.82 Å². The molecule has 1 heterocycles. The third-order valence-electron chi connectivity index (χ3n) is 3.13. The number of carbonyl (C=O) groups excluding carboxylic acids is 1. The molecular formula is C14H13FN4O. The Morgan fingerprint density at radius 3 is 2.85 bits per heavy atom. The van der Waals surface area contributed by atoms with Gasteiger partial charge in [0.15, 0.2) is 0 Å². The van der Waals surface area contributed by atoms with E-state index in [4.69, 9.17) is 0 Å². The molecule has 1 aromatic heterocycles. The average Bonchev–Trinajstić information content (AvgIpc) is 3.20. The van der Waals surface area contributed by atoms with E-state index >= 15 is 0 Å². The molecule has 0 bridgehead atoms. The number of aromatic amines is 1. The monoisotopic (exact) mass is 272 g/mol. The summed E-state index contributed by atoms with van der Waals surface area (Å²) in [6.45, 7) is 0. The van der Waals surface area contributed by atoms with E-state index in [9.17, 15) is 9.18 Å². The normalized spacial score (nSPS) is 14.7. The van der Waals surface area contributed by atoms with Crippen LogP contribution in [0.2, 0.25) is 0 Å². The Morgan fingerprint density at radius 2 is 2.15 bits per heavy atom. The molecule has 3 rings (SSSR count). The number of nitrogens with zero attached hydrogens (tertiary/aromatic N) is 2. The van der Waals surface area contributed by atoms with E-state index in [1.54, 1.807) is 18.3 Å². The average molecular weight is 272 g/mol. The summed E-state index contributed by atoms with van der Waals surface area (Å²) in [4.78, 5) is 11.4. The van der Waals surface area contributed by atoms with Gasteiger partial charge in [0.25, 0.3) is 0 Å². The molecule has 1 fully saturated rings. The topological polar surface area (TPSA) is 70.1 Å². The van der Waals surface area contributed by atoms with Gasteiger partial charge in [-0.2, -0.15) is 10.2 Å². The summed E-state index contributed by atoms with van der Waals surface area (Å²) in [5.74, 6) is -0.221. The summed E-state index contributed by atoms with van der Waals surface area (Å²) in [6.07, 6.45) is 5.01. The van der Waals surface area contributed by atoms with Crippen LogP contribution in [-0.4, -0.2) is 22.3 Å². The Labute approximate surface area is 114 Å². The van der Waals surface area contributed by atoms with E-state index in [1.807, 2.05) is 0 Å². The van der Waals surface area contributed by atoms with Crippen molar-refractivity contribution in [1.29, 1.82) is 0 Å². The molecule has 102 valence electrons. The zero-order chi connectivity index (χ0) is 13.9. The zero-order valence-corrected chi connectivity index (χ0v) is 10.6. The molecule has 5 nitrogen and oxygen atoms in total. The van der Waals surface area contributed by atoms with Crippen molar-refractivity contribution in [3.63, 3.8) is 0 Å². The summed E-state index contributed by atoms with van der Waals surface area (Å²) in [6, 6.07) is 6.07. The third-order valence-corrected chi connectivity index (χ3v) is 3.13. The molecule has 1 aliphatic rings. The fourth-order valence-electron chi connectivity index (χ4n) is 1.84. The Kier molecular flexibility index (Phi) is 3.28. The molecule has 0 spiro atoms. The van der Waals surface area contributed by atoms with Gasteiger partial charge in [0.05, 0.1) is 18.1 Å². The highest BCUT2D eigenvalue weighted by Crippen LogP contribution is 2.28. The minimum Gasteiger partial charge on any atom is -0.277 e. The second kappa shape index (κ2) is 5.24. The van der Waals surface area contributed by atoms with Crippen LogP contribution >= 0.6 is 0 Å². The first-order chi connectivity index (χ1) is 9.74. The van der Waals surface area contributed by atoms with E-state index in [1.165, 1.54) is 18.3 Å². The molecule has 1 aliphatic carbocycles. The highest BCUT2D eigenvalue weighted by atomic mass is 19.1. The maximum Gasteiger partial charge on any atom is 0.243 e. The molecule has 20 heavy (non-hydrogen) atoms. The summed E-state index contributed by atoms with van der Waals surface area (Å²) >= 11 is 0. The quantitative estimate of drug-likeness (QED) is 0.660. The van der Waals surface area contributed by atoms with E-state index in [2.05, 4.69) is 20.7 Å². The van der Waals surface area contributed by atoms with Crippen LogP contribution in [0.3, 0.4) is 0 Å². The van der Waals surface area contributed by atoms with Crippen molar-refractivity contribution in [1.82, 2.24) is 15.6 Å². The third kappa shape index (κ3) is 2.74. The molecule has 0 unspecified atom stereocenters. The van der Waals surface area contributed by atoms with Gasteiger partial charge in [0.2, 0.25) is 5.91 Å². The number of hydrazone groups is 1. The van der Waals surface area contributed by atoms with Crippen LogP contribution in [0.1, 0.15) is 18.4 Å². The van der Waals surface area contributed by atoms with Gasteiger partial charge < -0.3 is 0 Å². The van der Waals surface area contributed by atoms with Crippen LogP contribution in [0.25, 0.3) is 11.3 Å². The van der Waals surface area contributed by atoms with Crippen molar-refractivity contribution in [2.75, 3.05) is 0 Å². The Bertz CT molecular complexity index is 643. The van der Waals surface area contributed by atoms with Crippen molar-refractivity contribution in [2.24, 2.45) is 11.0 Å². The lowest BCUT2D eigenvalue weighted by molar-refractivity contribution is -0.122. The number of nitrogens with one attached hydrogen (secondary N) is 2. The number of H-pyrrole nitrogens is 1. The highest BCUT2D eigenvalue weighted by molar-refractivity contribution is 5.89. The van der Waals surface area contributed by atoms with Crippen LogP contribution in [0.15, 0.2) is 35.6 Å². The molecule has 2 N–H and O–H groups in total. The molecule has 6 heteroatoms. The number of aromatic nitrogens is 2. The van der Waals surface area contributed by atoms with Crippen molar-refractivity contribution < 1.29 is 9.18 Å². The van der Waals surface area contributed by atoms with Crippen LogP contribution in [0.5, 0.6) is 0 Å². The van der Waals surface area contributed by atoms with Gasteiger partial charge in [-0.1, -0.05) is 0 Å². The Balaban J connectivity index is 1.74. The molecular weight excluding hydrogens is 259 g/mol. The fraction of sp³-hybridized carbons (Fsp3) is 0.214. The SMILES string of the molecule is O=C(N/N=C\c1cn[nH]c1-c1ccc(F)cc1)C1CC1. The molecule has 0 saturated heterocycles. The van der Waals surface area contributed by atoms with Gasteiger partial charge in [-0.3, -0.25) is 9.89 Å². The van der Waals surface area contributed by atoms with Crippen LogP contribution in [0.4, 0.5) is 4.39 Å². The van der Waals surface area contributed by atoms with Crippen molar-refractivity contribution in [2.45, 2.75) is 12.8 Å². The Hall–Kier alpha value is -2.50. The molecule has 2 aromatic rings. The second-order valence-corrected chi connectivity index (χ2v) is 4.72. The van der Waals surface area contributed by atoms with E-state index in [0.717, 1.165) is 29.7 Å². The highest BCUT2D eigenvalue weighted by Gasteiger charge is 2.29. The van der Waals surface area contributed by atoms with Crippen LogP contribution in [0, 0.1) is 11.7 Å². The van der Waals surface area contributed by atoms with E-state index in [-0.39, 0.29) is 17.6 Å². The lowest BCUT2D eigenvalue weighted by Crippen LogP contribution is -2.18. The number of amides is 1. The van der Waals surface area contributed by atoms with Gasteiger partial charge in [0, 0.05) is 17.0 Å². The second-order valence-electron chi connectivity index (χ2n) is 4.72. The van der Waals surface area contributed by atoms with Gasteiger partial charge in [-0.05, 0) is 37.1 Å². The standard InChI is InChI=1S/C14H13FN4O/c15-12-5-3-9(4-6-12)13-11(7-16-18-13)8-17-19-14(20)10-1-2-10/h3-8,10H,1-2H2,(H,16,18)(H,19,20)/b17-8-. The van der Waals surface area contributed by atoms with Crippen LogP contribution < -0.4 is 5.43 Å². The summed E-state index contributed by atoms with van der Waals surface area (Å²) in [5.41, 5.74) is 4.76.